The molecule has 0 saturated heterocycles. The van der Waals surface area contributed by atoms with Gasteiger partial charge in [0, 0.05) is 17.8 Å². The van der Waals surface area contributed by atoms with Crippen molar-refractivity contribution >= 4 is 11.9 Å². The third-order valence-electron chi connectivity index (χ3n) is 4.32. The average Bonchev–Trinajstić information content (AvgIpc) is 2.94. The topological polar surface area (TPSA) is 73.9 Å². The van der Waals surface area contributed by atoms with Crippen LogP contribution >= 0.6 is 0 Å². The predicted molar refractivity (Wildman–Crippen MR) is 88.5 cm³/mol. The summed E-state index contributed by atoms with van der Waals surface area (Å²) < 4.78 is 16.2. The van der Waals surface area contributed by atoms with Gasteiger partial charge in [0.05, 0.1) is 36.5 Å². The Morgan fingerprint density at radius 2 is 1.67 bits per heavy atom. The van der Waals surface area contributed by atoms with Gasteiger partial charge in [0.25, 0.3) is 0 Å². The van der Waals surface area contributed by atoms with Gasteiger partial charge in [-0.05, 0) is 40.7 Å². The summed E-state index contributed by atoms with van der Waals surface area (Å²) in [4.78, 5) is 25.2. The zero-order valence-corrected chi connectivity index (χ0v) is 14.9. The molecule has 6 heteroatoms. The summed E-state index contributed by atoms with van der Waals surface area (Å²) in [6.45, 7) is 9.52. The second-order valence-corrected chi connectivity index (χ2v) is 6.08. The van der Waals surface area contributed by atoms with E-state index in [1.807, 2.05) is 13.0 Å². The Kier molecular flexibility index (Phi) is 5.36. The third-order valence-corrected chi connectivity index (χ3v) is 4.32. The fourth-order valence-corrected chi connectivity index (χ4v) is 3.28. The normalized spacial score (nSPS) is 23.9. The number of dihydropyridines is 1. The number of nitrogens with one attached hydrogen (secondary N) is 1. The summed E-state index contributed by atoms with van der Waals surface area (Å²) in [6.07, 6.45) is 4.08. The lowest BCUT2D eigenvalue weighted by Crippen LogP contribution is -2.45. The molecule has 6 nitrogen and oxygen atoms in total. The van der Waals surface area contributed by atoms with Gasteiger partial charge in [0.2, 0.25) is 0 Å². The Labute approximate surface area is 142 Å². The second-order valence-electron chi connectivity index (χ2n) is 6.08. The van der Waals surface area contributed by atoms with Crippen molar-refractivity contribution in [2.24, 2.45) is 5.92 Å². The fourth-order valence-electron chi connectivity index (χ4n) is 3.28. The summed E-state index contributed by atoms with van der Waals surface area (Å²) >= 11 is 0. The van der Waals surface area contributed by atoms with E-state index in [1.165, 1.54) is 0 Å². The van der Waals surface area contributed by atoms with Crippen molar-refractivity contribution in [3.05, 3.63) is 34.9 Å². The zero-order valence-electron chi connectivity index (χ0n) is 14.9. The molecule has 1 N–H and O–H groups in total. The predicted octanol–water partition coefficient (Wildman–Crippen LogP) is 2.57. The second kappa shape index (κ2) is 7.11. The molecule has 0 aromatic carbocycles. The molecule has 24 heavy (non-hydrogen) atoms. The van der Waals surface area contributed by atoms with Crippen molar-refractivity contribution in [1.82, 2.24) is 5.32 Å². The molecular weight excluding hydrogens is 310 g/mol. The van der Waals surface area contributed by atoms with Crippen LogP contribution in [0.1, 0.15) is 41.0 Å². The van der Waals surface area contributed by atoms with E-state index in [1.54, 1.807) is 34.0 Å². The minimum Gasteiger partial charge on any atom is -0.494 e. The van der Waals surface area contributed by atoms with Gasteiger partial charge in [-0.15, -0.1) is 0 Å². The summed E-state index contributed by atoms with van der Waals surface area (Å²) in [5.41, 5.74) is 1.42. The lowest BCUT2D eigenvalue weighted by atomic mass is 9.73. The van der Waals surface area contributed by atoms with E-state index in [9.17, 15) is 9.59 Å². The minimum absolute atomic E-state index is 0.260. The van der Waals surface area contributed by atoms with Crippen molar-refractivity contribution in [1.29, 1.82) is 0 Å². The number of ether oxygens (including phenoxy) is 3. The van der Waals surface area contributed by atoms with Gasteiger partial charge in [-0.3, -0.25) is 0 Å². The lowest BCUT2D eigenvalue weighted by molar-refractivity contribution is -0.142. The molecule has 0 aliphatic carbocycles. The summed E-state index contributed by atoms with van der Waals surface area (Å²) in [6, 6.07) is 0. The summed E-state index contributed by atoms with van der Waals surface area (Å²) in [5, 5.41) is 3.11. The molecule has 0 spiro atoms. The van der Waals surface area contributed by atoms with Crippen molar-refractivity contribution in [2.45, 2.75) is 46.6 Å². The summed E-state index contributed by atoms with van der Waals surface area (Å²) in [7, 11) is 0. The molecule has 1 unspecified atom stereocenters. The van der Waals surface area contributed by atoms with Crippen LogP contribution in [0, 0.1) is 5.92 Å². The molecule has 0 aromatic heterocycles. The van der Waals surface area contributed by atoms with Gasteiger partial charge in [0.15, 0.2) is 0 Å². The van der Waals surface area contributed by atoms with Gasteiger partial charge < -0.3 is 19.5 Å². The third kappa shape index (κ3) is 3.18. The van der Waals surface area contributed by atoms with E-state index >= 15 is 0 Å². The fraction of sp³-hybridized carbons (Fsp3) is 0.556. The lowest BCUT2D eigenvalue weighted by Gasteiger charge is -2.39. The molecule has 1 atom stereocenters. The molecule has 2 rings (SSSR count). The van der Waals surface area contributed by atoms with Gasteiger partial charge in [0.1, 0.15) is 5.60 Å². The smallest absolute Gasteiger partial charge is 0.336 e. The number of rotatable bonds is 5. The monoisotopic (exact) mass is 335 g/mol. The molecule has 0 saturated carbocycles. The first kappa shape index (κ1) is 18.1. The highest BCUT2D eigenvalue weighted by atomic mass is 16.5. The average molecular weight is 335 g/mol. The van der Waals surface area contributed by atoms with Gasteiger partial charge in [-0.25, -0.2) is 9.59 Å². The van der Waals surface area contributed by atoms with Crippen LogP contribution in [-0.2, 0) is 23.8 Å². The van der Waals surface area contributed by atoms with Gasteiger partial charge >= 0.3 is 11.9 Å². The Bertz CT molecular complexity index is 581. The molecule has 0 aromatic rings. The minimum atomic E-state index is -0.741. The van der Waals surface area contributed by atoms with Gasteiger partial charge in [-0.2, -0.15) is 0 Å². The Morgan fingerprint density at radius 3 is 2.04 bits per heavy atom. The zero-order chi connectivity index (χ0) is 17.9. The van der Waals surface area contributed by atoms with Crippen molar-refractivity contribution in [2.75, 3.05) is 13.2 Å². The van der Waals surface area contributed by atoms with Crippen LogP contribution in [0.5, 0.6) is 0 Å². The number of hydrogen-bond acceptors (Lipinski definition) is 6. The van der Waals surface area contributed by atoms with Crippen molar-refractivity contribution < 1.29 is 23.8 Å². The van der Waals surface area contributed by atoms with Crippen LogP contribution in [0.4, 0.5) is 0 Å². The van der Waals surface area contributed by atoms with Crippen molar-refractivity contribution in [3.63, 3.8) is 0 Å². The van der Waals surface area contributed by atoms with E-state index in [0.717, 1.165) is 0 Å². The molecule has 2 aliphatic rings. The van der Waals surface area contributed by atoms with E-state index in [4.69, 9.17) is 14.2 Å². The Balaban J connectivity index is 2.55. The molecule has 0 radical (unpaired) electrons. The van der Waals surface area contributed by atoms with Crippen LogP contribution in [0.3, 0.4) is 0 Å². The van der Waals surface area contributed by atoms with Crippen LogP contribution in [0.25, 0.3) is 0 Å². The molecular formula is C18H25NO5. The molecule has 0 fully saturated rings. The van der Waals surface area contributed by atoms with E-state index in [2.05, 4.69) is 5.32 Å². The van der Waals surface area contributed by atoms with Crippen LogP contribution in [0.15, 0.2) is 34.9 Å². The first-order valence-electron chi connectivity index (χ1n) is 8.21. The first-order valence-corrected chi connectivity index (χ1v) is 8.21. The highest BCUT2D eigenvalue weighted by molar-refractivity contribution is 5.98. The maximum absolute atomic E-state index is 12.6. The number of esters is 2. The maximum atomic E-state index is 12.6. The largest absolute Gasteiger partial charge is 0.494 e. The highest BCUT2D eigenvalue weighted by Crippen LogP contribution is 2.44. The van der Waals surface area contributed by atoms with Crippen LogP contribution in [0.2, 0.25) is 0 Å². The van der Waals surface area contributed by atoms with Crippen molar-refractivity contribution in [3.8, 4) is 0 Å². The van der Waals surface area contributed by atoms with E-state index in [0.29, 0.717) is 29.0 Å². The quantitative estimate of drug-likeness (QED) is 0.779. The number of allylic oxidation sites excluding steroid dienone is 2. The molecule has 2 heterocycles. The summed E-state index contributed by atoms with van der Waals surface area (Å²) in [5.74, 6) is -1.45. The number of carbonyl (C=O) groups excluding carboxylic acids is 2. The van der Waals surface area contributed by atoms with Gasteiger partial charge in [-0.1, -0.05) is 0 Å². The van der Waals surface area contributed by atoms with Crippen LogP contribution in [-0.4, -0.2) is 30.8 Å². The molecule has 2 aliphatic heterocycles. The Morgan fingerprint density at radius 1 is 1.17 bits per heavy atom. The highest BCUT2D eigenvalue weighted by Gasteiger charge is 2.49. The standard InChI is InChI=1S/C18H25NO5/c1-6-22-16(20)13-11(3)19-12(4)14(17(21)23-7-2)15(13)18(5)9-8-10-24-18/h8,10,15,19H,6-7,9H2,1-5H3. The number of carbonyl (C=O) groups is 2. The van der Waals surface area contributed by atoms with E-state index in [-0.39, 0.29) is 13.2 Å². The van der Waals surface area contributed by atoms with Crippen LogP contribution < -0.4 is 5.32 Å². The molecule has 0 amide bonds. The SMILES string of the molecule is CCOC(=O)C1=C(C)NC(C)=C(C(=O)OCC)C1C1(C)CC=CO1. The maximum Gasteiger partial charge on any atom is 0.336 e. The van der Waals surface area contributed by atoms with E-state index < -0.39 is 23.5 Å². The first-order chi connectivity index (χ1) is 11.4. The molecule has 0 bridgehead atoms. The number of hydrogen-bond donors (Lipinski definition) is 1. The Hall–Kier alpha value is -2.24. The molecule has 132 valence electrons.